The first-order valence-electron chi connectivity index (χ1n) is 12.9. The Balaban J connectivity index is 1.65. The summed E-state index contributed by atoms with van der Waals surface area (Å²) < 4.78 is 40.4. The van der Waals surface area contributed by atoms with Crippen LogP contribution in [0.4, 0.5) is 5.69 Å². The zero-order valence-corrected chi connectivity index (χ0v) is 23.6. The molecule has 0 saturated carbocycles. The molecule has 1 aromatic heterocycles. The summed E-state index contributed by atoms with van der Waals surface area (Å²) in [4.78, 5) is 22.1. The summed E-state index contributed by atoms with van der Waals surface area (Å²) in [7, 11) is -0.453. The van der Waals surface area contributed by atoms with E-state index in [1.165, 1.54) is 18.2 Å². The van der Waals surface area contributed by atoms with Gasteiger partial charge < -0.3 is 14.4 Å². The number of ether oxygens (including phenoxy) is 2. The number of aromatic nitrogens is 1. The van der Waals surface area contributed by atoms with Crippen molar-refractivity contribution in [3.8, 4) is 5.75 Å². The molecule has 0 aliphatic carbocycles. The number of pyridine rings is 1. The molecule has 1 amide bonds. The van der Waals surface area contributed by atoms with Crippen molar-refractivity contribution >= 4 is 21.6 Å². The van der Waals surface area contributed by atoms with Gasteiger partial charge in [0.2, 0.25) is 0 Å². The van der Waals surface area contributed by atoms with Crippen LogP contribution in [0.15, 0.2) is 77.8 Å². The van der Waals surface area contributed by atoms with Crippen LogP contribution >= 0.6 is 0 Å². The number of benzene rings is 2. The second-order valence-corrected chi connectivity index (χ2v) is 11.7. The number of carbonyl (C=O) groups excluding carboxylic acids is 1. The Bertz CT molecular complexity index is 1350. The molecule has 0 saturated heterocycles. The van der Waals surface area contributed by atoms with Crippen LogP contribution in [-0.2, 0) is 21.3 Å². The molecule has 0 radical (unpaired) electrons. The molecule has 208 valence electrons. The van der Waals surface area contributed by atoms with Crippen LogP contribution in [-0.4, -0.2) is 75.1 Å². The van der Waals surface area contributed by atoms with Crippen LogP contribution in [0.25, 0.3) is 0 Å². The standard InChI is InChI=1S/C29H36N4O5S/c1-21-17-33(18-24-10-8-9-15-30-24)22(2)20-38-27-14-13-23(31-39(35,36)25-11-6-5-7-12-25)16-26(27)29(34)32(3)19-28(21)37-4/h5-16,21-22,28,31H,17-20H2,1-4H3/t21-,22-,28+/m1/s1. The number of fused-ring (bicyclic) bond motifs is 1. The van der Waals surface area contributed by atoms with Crippen molar-refractivity contribution in [2.24, 2.45) is 5.92 Å². The Hall–Kier alpha value is -3.47. The molecule has 10 heteroatoms. The number of nitrogens with one attached hydrogen (secondary N) is 1. The number of nitrogens with zero attached hydrogens (tertiary/aromatic N) is 3. The topological polar surface area (TPSA) is 101 Å². The Kier molecular flexibility index (Phi) is 9.21. The molecule has 3 atom stereocenters. The van der Waals surface area contributed by atoms with Crippen LogP contribution in [0.3, 0.4) is 0 Å². The molecule has 2 aromatic carbocycles. The van der Waals surface area contributed by atoms with Crippen molar-refractivity contribution in [1.82, 2.24) is 14.8 Å². The molecule has 1 N–H and O–H groups in total. The first kappa shape index (κ1) is 28.5. The van der Waals surface area contributed by atoms with Gasteiger partial charge in [-0.15, -0.1) is 0 Å². The van der Waals surface area contributed by atoms with Crippen LogP contribution in [0, 0.1) is 5.92 Å². The fraction of sp³-hybridized carbons (Fsp3) is 0.379. The smallest absolute Gasteiger partial charge is 0.261 e. The summed E-state index contributed by atoms with van der Waals surface area (Å²) in [6.45, 7) is 6.27. The zero-order valence-electron chi connectivity index (χ0n) is 22.8. The summed E-state index contributed by atoms with van der Waals surface area (Å²) in [6, 6.07) is 18.7. The largest absolute Gasteiger partial charge is 0.491 e. The van der Waals surface area contributed by atoms with E-state index in [1.807, 2.05) is 18.2 Å². The monoisotopic (exact) mass is 552 g/mol. The number of anilines is 1. The van der Waals surface area contributed by atoms with Crippen molar-refractivity contribution in [3.05, 3.63) is 84.2 Å². The summed E-state index contributed by atoms with van der Waals surface area (Å²) in [5.41, 5.74) is 1.51. The fourth-order valence-electron chi connectivity index (χ4n) is 4.65. The van der Waals surface area contributed by atoms with Gasteiger partial charge >= 0.3 is 0 Å². The molecule has 39 heavy (non-hydrogen) atoms. The van der Waals surface area contributed by atoms with E-state index in [1.54, 1.807) is 55.6 Å². The van der Waals surface area contributed by atoms with E-state index in [0.29, 0.717) is 25.4 Å². The maximum atomic E-state index is 13.6. The van der Waals surface area contributed by atoms with E-state index in [9.17, 15) is 13.2 Å². The third kappa shape index (κ3) is 7.14. The van der Waals surface area contributed by atoms with Gasteiger partial charge in [-0.1, -0.05) is 31.2 Å². The van der Waals surface area contributed by atoms with Crippen molar-refractivity contribution in [3.63, 3.8) is 0 Å². The number of hydrogen-bond acceptors (Lipinski definition) is 7. The predicted octanol–water partition coefficient (Wildman–Crippen LogP) is 3.89. The number of rotatable bonds is 6. The van der Waals surface area contributed by atoms with Gasteiger partial charge in [-0.3, -0.25) is 19.4 Å². The Morgan fingerprint density at radius 3 is 2.49 bits per heavy atom. The van der Waals surface area contributed by atoms with E-state index in [2.05, 4.69) is 28.5 Å². The summed E-state index contributed by atoms with van der Waals surface area (Å²) in [5, 5.41) is 0. The Morgan fingerprint density at radius 1 is 1.05 bits per heavy atom. The van der Waals surface area contributed by atoms with Gasteiger partial charge in [-0.05, 0) is 55.3 Å². The van der Waals surface area contributed by atoms with Gasteiger partial charge in [0.05, 0.1) is 22.3 Å². The van der Waals surface area contributed by atoms with E-state index < -0.39 is 10.0 Å². The van der Waals surface area contributed by atoms with Gasteiger partial charge in [0.25, 0.3) is 15.9 Å². The summed E-state index contributed by atoms with van der Waals surface area (Å²) in [5.74, 6) is 0.222. The van der Waals surface area contributed by atoms with Gasteiger partial charge in [0, 0.05) is 51.7 Å². The lowest BCUT2D eigenvalue weighted by molar-refractivity contribution is 0.00901. The molecule has 1 aliphatic heterocycles. The van der Waals surface area contributed by atoms with E-state index in [0.717, 1.165) is 12.2 Å². The number of carbonyl (C=O) groups is 1. The fourth-order valence-corrected chi connectivity index (χ4v) is 5.72. The maximum Gasteiger partial charge on any atom is 0.261 e. The number of amides is 1. The van der Waals surface area contributed by atoms with Crippen molar-refractivity contribution in [2.45, 2.75) is 37.4 Å². The number of sulfonamides is 1. The molecule has 9 nitrogen and oxygen atoms in total. The highest BCUT2D eigenvalue weighted by molar-refractivity contribution is 7.92. The first-order valence-corrected chi connectivity index (χ1v) is 14.4. The molecule has 0 unspecified atom stereocenters. The normalized spacial score (nSPS) is 21.3. The average Bonchev–Trinajstić information content (AvgIpc) is 2.94. The summed E-state index contributed by atoms with van der Waals surface area (Å²) in [6.07, 6.45) is 1.58. The predicted molar refractivity (Wildman–Crippen MR) is 150 cm³/mol. The molecule has 0 bridgehead atoms. The Morgan fingerprint density at radius 2 is 1.79 bits per heavy atom. The van der Waals surface area contributed by atoms with E-state index in [4.69, 9.17) is 9.47 Å². The van der Waals surface area contributed by atoms with E-state index in [-0.39, 0.29) is 40.1 Å². The lowest BCUT2D eigenvalue weighted by atomic mass is 10.0. The van der Waals surface area contributed by atoms with Crippen LogP contribution < -0.4 is 9.46 Å². The third-order valence-electron chi connectivity index (χ3n) is 6.97. The molecule has 1 aliphatic rings. The minimum Gasteiger partial charge on any atom is -0.491 e. The van der Waals surface area contributed by atoms with Crippen molar-refractivity contribution < 1.29 is 22.7 Å². The van der Waals surface area contributed by atoms with Crippen LogP contribution in [0.2, 0.25) is 0 Å². The SMILES string of the molecule is CO[C@H]1CN(C)C(=O)c2cc(NS(=O)(=O)c3ccccc3)ccc2OC[C@@H](C)N(Cc2ccccn2)C[C@H]1C. The number of likely N-dealkylation sites (N-methyl/N-ethyl adjacent to an activating group) is 1. The first-order chi connectivity index (χ1) is 18.7. The third-order valence-corrected chi connectivity index (χ3v) is 8.37. The van der Waals surface area contributed by atoms with Gasteiger partial charge in [-0.2, -0.15) is 0 Å². The number of hydrogen-bond donors (Lipinski definition) is 1. The van der Waals surface area contributed by atoms with Gasteiger partial charge in [-0.25, -0.2) is 8.42 Å². The van der Waals surface area contributed by atoms with Crippen LogP contribution in [0.1, 0.15) is 29.9 Å². The Labute approximate surface area is 230 Å². The molecule has 3 aromatic rings. The lowest BCUT2D eigenvalue weighted by Gasteiger charge is -2.35. The molecular formula is C29H36N4O5S. The highest BCUT2D eigenvalue weighted by Gasteiger charge is 2.29. The molecule has 2 heterocycles. The minimum atomic E-state index is -3.83. The molecule has 4 rings (SSSR count). The quantitative estimate of drug-likeness (QED) is 0.495. The minimum absolute atomic E-state index is 0.00308. The average molecular weight is 553 g/mol. The molecule has 0 spiro atoms. The molecular weight excluding hydrogens is 516 g/mol. The lowest BCUT2D eigenvalue weighted by Crippen LogP contribution is -2.46. The maximum absolute atomic E-state index is 13.6. The van der Waals surface area contributed by atoms with Gasteiger partial charge in [0.1, 0.15) is 12.4 Å². The van der Waals surface area contributed by atoms with E-state index >= 15 is 0 Å². The van der Waals surface area contributed by atoms with Crippen molar-refractivity contribution in [2.75, 3.05) is 38.6 Å². The van der Waals surface area contributed by atoms with Crippen LogP contribution in [0.5, 0.6) is 5.75 Å². The van der Waals surface area contributed by atoms with Gasteiger partial charge in [0.15, 0.2) is 0 Å². The van der Waals surface area contributed by atoms with Crippen molar-refractivity contribution in [1.29, 1.82) is 0 Å². The molecule has 0 fully saturated rings. The highest BCUT2D eigenvalue weighted by atomic mass is 32.2. The zero-order chi connectivity index (χ0) is 28.0. The number of methoxy groups -OCH3 is 1. The second kappa shape index (κ2) is 12.6. The summed E-state index contributed by atoms with van der Waals surface area (Å²) >= 11 is 0. The second-order valence-electron chi connectivity index (χ2n) is 9.98. The highest BCUT2D eigenvalue weighted by Crippen LogP contribution is 2.28.